The van der Waals surface area contributed by atoms with E-state index >= 15 is 0 Å². The summed E-state index contributed by atoms with van der Waals surface area (Å²) in [4.78, 5) is 15.1. The van der Waals surface area contributed by atoms with Crippen molar-refractivity contribution in [3.8, 4) is 0 Å². The molecule has 1 atom stereocenters. The lowest BCUT2D eigenvalue weighted by molar-refractivity contribution is -0.133. The van der Waals surface area contributed by atoms with E-state index in [1.54, 1.807) is 11.0 Å². The third kappa shape index (κ3) is 5.35. The Labute approximate surface area is 124 Å². The van der Waals surface area contributed by atoms with Gasteiger partial charge in [-0.2, -0.15) is 0 Å². The number of rotatable bonds is 7. The summed E-state index contributed by atoms with van der Waals surface area (Å²) in [6, 6.07) is 3.33. The van der Waals surface area contributed by atoms with E-state index in [-0.39, 0.29) is 5.91 Å². The van der Waals surface area contributed by atoms with Crippen molar-refractivity contribution in [1.82, 2.24) is 4.90 Å². The van der Waals surface area contributed by atoms with E-state index in [1.165, 1.54) is 11.3 Å². The summed E-state index contributed by atoms with van der Waals surface area (Å²) in [5.74, 6) is 0.374. The van der Waals surface area contributed by atoms with E-state index in [1.807, 2.05) is 12.1 Å². The lowest BCUT2D eigenvalue weighted by atomic mass is 10.0. The van der Waals surface area contributed by atoms with Gasteiger partial charge in [0.25, 0.3) is 0 Å². The molecule has 1 aromatic rings. The summed E-state index contributed by atoms with van der Waals surface area (Å²) >= 11 is 7.38. The summed E-state index contributed by atoms with van der Waals surface area (Å²) < 4.78 is 0.729. The molecule has 1 aromatic heterocycles. The molecule has 0 radical (unpaired) electrons. The predicted molar refractivity (Wildman–Crippen MR) is 82.4 cm³/mol. The SMILES string of the molecule is C=CCN(Cc1ccc(Cl)s1)C(=O)[C@@H](N)CC(C)C. The molecule has 106 valence electrons. The molecule has 1 heterocycles. The number of thiophene rings is 1. The van der Waals surface area contributed by atoms with Crippen molar-refractivity contribution < 1.29 is 4.79 Å². The number of hydrogen-bond donors (Lipinski definition) is 1. The van der Waals surface area contributed by atoms with Gasteiger partial charge in [-0.1, -0.05) is 31.5 Å². The minimum absolute atomic E-state index is 0.0295. The number of amides is 1. The van der Waals surface area contributed by atoms with Gasteiger partial charge in [-0.15, -0.1) is 17.9 Å². The fourth-order valence-corrected chi connectivity index (χ4v) is 2.96. The van der Waals surface area contributed by atoms with Gasteiger partial charge in [0.2, 0.25) is 5.91 Å². The first-order valence-electron chi connectivity index (χ1n) is 6.33. The average molecular weight is 301 g/mol. The van der Waals surface area contributed by atoms with Crippen LogP contribution in [0.3, 0.4) is 0 Å². The van der Waals surface area contributed by atoms with Crippen LogP contribution in [0.15, 0.2) is 24.8 Å². The Morgan fingerprint density at radius 3 is 2.74 bits per heavy atom. The van der Waals surface area contributed by atoms with Crippen LogP contribution in [0.2, 0.25) is 4.34 Å². The van der Waals surface area contributed by atoms with Crippen molar-refractivity contribution in [2.24, 2.45) is 11.7 Å². The first kappa shape index (κ1) is 16.2. The van der Waals surface area contributed by atoms with Crippen LogP contribution in [0, 0.1) is 5.92 Å². The van der Waals surface area contributed by atoms with Gasteiger partial charge in [-0.25, -0.2) is 0 Å². The number of halogens is 1. The Balaban J connectivity index is 2.70. The molecule has 0 unspecified atom stereocenters. The molecule has 2 N–H and O–H groups in total. The fraction of sp³-hybridized carbons (Fsp3) is 0.500. The normalized spacial score (nSPS) is 12.5. The molecule has 0 bridgehead atoms. The first-order valence-corrected chi connectivity index (χ1v) is 7.53. The Morgan fingerprint density at radius 2 is 2.26 bits per heavy atom. The molecule has 0 aliphatic rings. The van der Waals surface area contributed by atoms with Gasteiger partial charge in [0, 0.05) is 11.4 Å². The smallest absolute Gasteiger partial charge is 0.240 e. The van der Waals surface area contributed by atoms with Crippen LogP contribution in [0.25, 0.3) is 0 Å². The topological polar surface area (TPSA) is 46.3 Å². The molecule has 0 spiro atoms. The number of carbonyl (C=O) groups excluding carboxylic acids is 1. The molecule has 0 saturated heterocycles. The molecule has 0 aromatic carbocycles. The van der Waals surface area contributed by atoms with Gasteiger partial charge >= 0.3 is 0 Å². The molecule has 0 fully saturated rings. The summed E-state index contributed by atoms with van der Waals surface area (Å²) in [5.41, 5.74) is 5.96. The maximum absolute atomic E-state index is 12.3. The first-order chi connectivity index (χ1) is 8.93. The zero-order valence-corrected chi connectivity index (χ0v) is 13.0. The van der Waals surface area contributed by atoms with Crippen molar-refractivity contribution in [3.05, 3.63) is 34.0 Å². The van der Waals surface area contributed by atoms with Gasteiger partial charge in [0.1, 0.15) is 0 Å². The molecular weight excluding hydrogens is 280 g/mol. The van der Waals surface area contributed by atoms with E-state index in [4.69, 9.17) is 17.3 Å². The minimum atomic E-state index is -0.449. The Bertz CT molecular complexity index is 431. The second kappa shape index (κ2) is 7.68. The minimum Gasteiger partial charge on any atom is -0.332 e. The summed E-state index contributed by atoms with van der Waals surface area (Å²) in [6.45, 7) is 8.85. The van der Waals surface area contributed by atoms with Crippen molar-refractivity contribution in [3.63, 3.8) is 0 Å². The van der Waals surface area contributed by atoms with E-state index in [0.29, 0.717) is 25.4 Å². The third-order valence-electron chi connectivity index (χ3n) is 2.68. The van der Waals surface area contributed by atoms with E-state index in [9.17, 15) is 4.79 Å². The monoisotopic (exact) mass is 300 g/mol. The van der Waals surface area contributed by atoms with Crippen LogP contribution < -0.4 is 5.73 Å². The molecule has 3 nitrogen and oxygen atoms in total. The number of carbonyl (C=O) groups is 1. The van der Waals surface area contributed by atoms with Crippen molar-refractivity contribution in [2.75, 3.05) is 6.54 Å². The third-order valence-corrected chi connectivity index (χ3v) is 3.90. The maximum Gasteiger partial charge on any atom is 0.240 e. The van der Waals surface area contributed by atoms with Crippen molar-refractivity contribution in [2.45, 2.75) is 32.9 Å². The van der Waals surface area contributed by atoms with Gasteiger partial charge in [-0.3, -0.25) is 4.79 Å². The lowest BCUT2D eigenvalue weighted by Gasteiger charge is -2.24. The quantitative estimate of drug-likeness (QED) is 0.785. The average Bonchev–Trinajstić information content (AvgIpc) is 2.72. The highest BCUT2D eigenvalue weighted by atomic mass is 35.5. The molecule has 19 heavy (non-hydrogen) atoms. The molecule has 1 rings (SSSR count). The standard InChI is InChI=1S/C14H21ClN2OS/c1-4-7-17(9-11-5-6-13(15)19-11)14(18)12(16)8-10(2)3/h4-6,10,12H,1,7-9,16H2,2-3H3/t12-/m0/s1. The predicted octanol–water partition coefficient (Wildman–Crippen LogP) is 3.29. The number of nitrogens with two attached hydrogens (primary N) is 1. The highest BCUT2D eigenvalue weighted by molar-refractivity contribution is 7.16. The molecule has 0 aliphatic heterocycles. The highest BCUT2D eigenvalue weighted by Crippen LogP contribution is 2.23. The van der Waals surface area contributed by atoms with Gasteiger partial charge in [0.15, 0.2) is 0 Å². The maximum atomic E-state index is 12.3. The fourth-order valence-electron chi connectivity index (χ4n) is 1.86. The van der Waals surface area contributed by atoms with Crippen LogP contribution in [0.1, 0.15) is 25.1 Å². The summed E-state index contributed by atoms with van der Waals surface area (Å²) in [5, 5.41) is 0. The Kier molecular flexibility index (Phi) is 6.55. The molecular formula is C14H21ClN2OS. The van der Waals surface area contributed by atoms with Crippen LogP contribution in [0.4, 0.5) is 0 Å². The Hall–Kier alpha value is -0.840. The van der Waals surface area contributed by atoms with Gasteiger partial charge in [-0.05, 0) is 24.5 Å². The summed E-state index contributed by atoms with van der Waals surface area (Å²) in [7, 11) is 0. The van der Waals surface area contributed by atoms with Crippen LogP contribution in [-0.4, -0.2) is 23.4 Å². The summed E-state index contributed by atoms with van der Waals surface area (Å²) in [6.07, 6.45) is 2.41. The molecule has 0 saturated carbocycles. The zero-order valence-electron chi connectivity index (χ0n) is 11.4. The number of hydrogen-bond acceptors (Lipinski definition) is 3. The highest BCUT2D eigenvalue weighted by Gasteiger charge is 2.21. The van der Waals surface area contributed by atoms with Crippen LogP contribution in [-0.2, 0) is 11.3 Å². The van der Waals surface area contributed by atoms with E-state index in [0.717, 1.165) is 9.21 Å². The van der Waals surface area contributed by atoms with Crippen LogP contribution >= 0.6 is 22.9 Å². The molecule has 0 aliphatic carbocycles. The number of nitrogens with zero attached hydrogens (tertiary/aromatic N) is 1. The van der Waals surface area contributed by atoms with Crippen LogP contribution in [0.5, 0.6) is 0 Å². The van der Waals surface area contributed by atoms with E-state index in [2.05, 4.69) is 20.4 Å². The van der Waals surface area contributed by atoms with Crippen molar-refractivity contribution >= 4 is 28.8 Å². The lowest BCUT2D eigenvalue weighted by Crippen LogP contribution is -2.44. The molecule has 1 amide bonds. The Morgan fingerprint density at radius 1 is 1.58 bits per heavy atom. The second-order valence-corrected chi connectivity index (χ2v) is 6.75. The second-order valence-electron chi connectivity index (χ2n) is 4.95. The zero-order chi connectivity index (χ0) is 14.4. The van der Waals surface area contributed by atoms with Gasteiger partial charge in [0.05, 0.1) is 16.9 Å². The molecule has 5 heteroatoms. The van der Waals surface area contributed by atoms with Crippen molar-refractivity contribution in [1.29, 1.82) is 0 Å². The van der Waals surface area contributed by atoms with Gasteiger partial charge < -0.3 is 10.6 Å². The largest absolute Gasteiger partial charge is 0.332 e. The van der Waals surface area contributed by atoms with E-state index < -0.39 is 6.04 Å².